The summed E-state index contributed by atoms with van der Waals surface area (Å²) in [5.74, 6) is -1.56. The van der Waals surface area contributed by atoms with Gasteiger partial charge in [0.15, 0.2) is 6.10 Å². The molecule has 0 aliphatic carbocycles. The Morgan fingerprint density at radius 2 is 0.794 bits per heavy atom. The molecule has 2 N–H and O–H groups in total. The van der Waals surface area contributed by atoms with E-state index in [9.17, 15) is 28.9 Å². The third-order valence-electron chi connectivity index (χ3n) is 11.4. The van der Waals surface area contributed by atoms with E-state index < -0.39 is 57.8 Å². The lowest BCUT2D eigenvalue weighted by atomic mass is 10.1. The van der Waals surface area contributed by atoms with Gasteiger partial charge < -0.3 is 24.2 Å². The van der Waals surface area contributed by atoms with Crippen molar-refractivity contribution in [2.24, 2.45) is 0 Å². The van der Waals surface area contributed by atoms with Crippen molar-refractivity contribution in [3.05, 3.63) is 60.8 Å². The van der Waals surface area contributed by atoms with E-state index in [2.05, 4.69) is 69.4 Å². The van der Waals surface area contributed by atoms with Crippen LogP contribution in [0.1, 0.15) is 239 Å². The van der Waals surface area contributed by atoms with Crippen molar-refractivity contribution in [1.82, 2.24) is 0 Å². The first kappa shape index (κ1) is 65.2. The molecule has 68 heavy (non-hydrogen) atoms. The second-order valence-electron chi connectivity index (χ2n) is 18.0. The molecule has 0 fully saturated rings. The lowest BCUT2D eigenvalue weighted by Crippen LogP contribution is -2.30. The number of esters is 3. The van der Waals surface area contributed by atoms with E-state index in [-0.39, 0.29) is 25.9 Å². The first-order valence-electron chi connectivity index (χ1n) is 27.2. The molecule has 0 bridgehead atoms. The molecule has 0 rings (SSSR count). The van der Waals surface area contributed by atoms with E-state index >= 15 is 0 Å². The molecular weight excluding hydrogens is 880 g/mol. The summed E-state index contributed by atoms with van der Waals surface area (Å²) >= 11 is 0. The van der Waals surface area contributed by atoms with Crippen molar-refractivity contribution in [3.8, 4) is 0 Å². The number of allylic oxidation sites excluding steroid dienone is 10. The number of aliphatic hydroxyl groups excluding tert-OH is 1. The normalized spacial score (nSPS) is 13.9. The molecule has 0 radical (unpaired) electrons. The first-order chi connectivity index (χ1) is 33.2. The molecule has 0 aromatic carbocycles. The summed E-state index contributed by atoms with van der Waals surface area (Å²) in [5.41, 5.74) is 0. The Bertz CT molecular complexity index is 1370. The zero-order chi connectivity index (χ0) is 49.9. The van der Waals surface area contributed by atoms with Crippen LogP contribution in [0, 0.1) is 0 Å². The molecule has 0 heterocycles. The SMILES string of the molecule is CC/C=C\C/C=C\C/C=C\C/C=C\CCC(=O)OCC(COP(=O)(O)OCC(CO)OC(=O)CCCCCCCCCCCCC)OC(=O)CCCCCCCCC/C=C\CCCCCCCC. The van der Waals surface area contributed by atoms with Crippen LogP contribution in [0.15, 0.2) is 60.8 Å². The van der Waals surface area contributed by atoms with Crippen LogP contribution in [-0.4, -0.2) is 66.5 Å². The summed E-state index contributed by atoms with van der Waals surface area (Å²) < 4.78 is 39.3. The maximum atomic E-state index is 12.9. The van der Waals surface area contributed by atoms with Crippen LogP contribution < -0.4 is 0 Å². The smallest absolute Gasteiger partial charge is 0.462 e. The van der Waals surface area contributed by atoms with Crippen molar-refractivity contribution in [3.63, 3.8) is 0 Å². The Balaban J connectivity index is 4.80. The third-order valence-corrected chi connectivity index (χ3v) is 12.4. The van der Waals surface area contributed by atoms with Gasteiger partial charge in [0.25, 0.3) is 0 Å². The number of phosphoric acid groups is 1. The molecule has 0 aliphatic heterocycles. The summed E-state index contributed by atoms with van der Waals surface area (Å²) in [6, 6.07) is 0. The van der Waals surface area contributed by atoms with Crippen LogP contribution in [0.25, 0.3) is 0 Å². The summed E-state index contributed by atoms with van der Waals surface area (Å²) in [4.78, 5) is 48.3. The fourth-order valence-electron chi connectivity index (χ4n) is 7.31. The van der Waals surface area contributed by atoms with E-state index in [4.69, 9.17) is 23.3 Å². The molecule has 0 spiro atoms. The van der Waals surface area contributed by atoms with Crippen molar-refractivity contribution in [2.75, 3.05) is 26.4 Å². The molecule has 0 aromatic rings. The second kappa shape index (κ2) is 50.6. The highest BCUT2D eigenvalue weighted by atomic mass is 31.2. The van der Waals surface area contributed by atoms with Gasteiger partial charge in [-0.3, -0.25) is 23.4 Å². The van der Waals surface area contributed by atoms with Gasteiger partial charge in [0.05, 0.1) is 19.8 Å². The Hall–Kier alpha value is -2.82. The highest BCUT2D eigenvalue weighted by Gasteiger charge is 2.28. The molecule has 0 aromatic heterocycles. The van der Waals surface area contributed by atoms with Gasteiger partial charge in [-0.1, -0.05) is 210 Å². The fraction of sp³-hybridized carbons (Fsp3) is 0.768. The molecular formula is C56H99O11P. The quantitative estimate of drug-likeness (QED) is 0.0197. The van der Waals surface area contributed by atoms with Gasteiger partial charge in [-0.2, -0.15) is 0 Å². The molecule has 11 nitrogen and oxygen atoms in total. The molecule has 3 unspecified atom stereocenters. The van der Waals surface area contributed by atoms with Crippen LogP contribution in [0.5, 0.6) is 0 Å². The summed E-state index contributed by atoms with van der Waals surface area (Å²) in [6.07, 6.45) is 53.5. The Kier molecular flexibility index (Phi) is 48.5. The largest absolute Gasteiger partial charge is 0.472 e. The van der Waals surface area contributed by atoms with Crippen LogP contribution >= 0.6 is 7.82 Å². The molecule has 3 atom stereocenters. The average molecular weight is 979 g/mol. The average Bonchev–Trinajstić information content (AvgIpc) is 3.32. The number of ether oxygens (including phenoxy) is 3. The first-order valence-corrected chi connectivity index (χ1v) is 28.7. The minimum atomic E-state index is -4.75. The van der Waals surface area contributed by atoms with E-state index in [0.717, 1.165) is 77.0 Å². The van der Waals surface area contributed by atoms with Crippen LogP contribution in [0.2, 0.25) is 0 Å². The Morgan fingerprint density at radius 1 is 0.426 bits per heavy atom. The fourth-order valence-corrected chi connectivity index (χ4v) is 8.09. The zero-order valence-corrected chi connectivity index (χ0v) is 44.2. The summed E-state index contributed by atoms with van der Waals surface area (Å²) in [7, 11) is -4.75. The minimum Gasteiger partial charge on any atom is -0.462 e. The van der Waals surface area contributed by atoms with Crippen molar-refractivity contribution in [1.29, 1.82) is 0 Å². The van der Waals surface area contributed by atoms with Crippen LogP contribution in [0.3, 0.4) is 0 Å². The lowest BCUT2D eigenvalue weighted by molar-refractivity contribution is -0.161. The predicted octanol–water partition coefficient (Wildman–Crippen LogP) is 15.6. The van der Waals surface area contributed by atoms with Crippen molar-refractivity contribution >= 4 is 25.7 Å². The van der Waals surface area contributed by atoms with Gasteiger partial charge in [-0.15, -0.1) is 0 Å². The maximum absolute atomic E-state index is 12.9. The van der Waals surface area contributed by atoms with Gasteiger partial charge in [0.1, 0.15) is 12.7 Å². The topological polar surface area (TPSA) is 155 Å². The number of carbonyl (C=O) groups is 3. The predicted molar refractivity (Wildman–Crippen MR) is 279 cm³/mol. The van der Waals surface area contributed by atoms with Gasteiger partial charge in [-0.05, 0) is 70.6 Å². The molecule has 0 saturated carbocycles. The summed E-state index contributed by atoms with van der Waals surface area (Å²) in [5, 5.41) is 9.77. The third kappa shape index (κ3) is 48.2. The Morgan fingerprint density at radius 3 is 1.24 bits per heavy atom. The van der Waals surface area contributed by atoms with Crippen molar-refractivity contribution < 1.29 is 52.2 Å². The highest BCUT2D eigenvalue weighted by molar-refractivity contribution is 7.47. The Labute approximate surface area is 415 Å². The van der Waals surface area contributed by atoms with Gasteiger partial charge in [0, 0.05) is 19.3 Å². The standard InChI is InChI=1S/C56H99O11P/c1-4-7-10-13-16-19-22-24-25-26-27-29-32-35-38-41-44-47-56(60)67-53(49-63-54(58)45-42-39-36-33-31-28-23-20-17-14-11-8-5-2)51-65-68(61,62)64-50-52(48-57)66-55(59)46-43-40-37-34-30-21-18-15-12-9-6-3/h8,11,17,20,24-25,28,31,36,39,52-53,57H,4-7,9-10,12-16,18-19,21-23,26-27,29-30,32-35,37-38,40-51H2,1-3H3,(H,61,62)/b11-8-,20-17-,25-24-,31-28-,39-36-. The van der Waals surface area contributed by atoms with E-state index in [0.29, 0.717) is 19.3 Å². The van der Waals surface area contributed by atoms with Crippen LogP contribution in [0.4, 0.5) is 0 Å². The summed E-state index contributed by atoms with van der Waals surface area (Å²) in [6.45, 7) is 4.43. The number of hydrogen-bond donors (Lipinski definition) is 2. The number of rotatable bonds is 50. The number of hydrogen-bond acceptors (Lipinski definition) is 10. The second-order valence-corrected chi connectivity index (χ2v) is 19.5. The number of aliphatic hydroxyl groups is 1. The number of carbonyl (C=O) groups excluding carboxylic acids is 3. The van der Waals surface area contributed by atoms with E-state index in [1.165, 1.54) is 103 Å². The monoisotopic (exact) mass is 979 g/mol. The van der Waals surface area contributed by atoms with Crippen LogP contribution in [-0.2, 0) is 42.2 Å². The molecule has 0 aliphatic rings. The molecule has 12 heteroatoms. The van der Waals surface area contributed by atoms with Gasteiger partial charge in [-0.25, -0.2) is 4.57 Å². The number of phosphoric ester groups is 1. The maximum Gasteiger partial charge on any atom is 0.472 e. The van der Waals surface area contributed by atoms with Gasteiger partial charge >= 0.3 is 25.7 Å². The molecule has 394 valence electrons. The zero-order valence-electron chi connectivity index (χ0n) is 43.3. The van der Waals surface area contributed by atoms with Gasteiger partial charge in [0.2, 0.25) is 0 Å². The van der Waals surface area contributed by atoms with Crippen molar-refractivity contribution in [2.45, 2.75) is 251 Å². The molecule has 0 saturated heterocycles. The van der Waals surface area contributed by atoms with E-state index in [1.807, 2.05) is 12.2 Å². The highest BCUT2D eigenvalue weighted by Crippen LogP contribution is 2.43. The number of unbranched alkanes of at least 4 members (excludes halogenated alkanes) is 23. The molecule has 0 amide bonds. The minimum absolute atomic E-state index is 0.105. The lowest BCUT2D eigenvalue weighted by Gasteiger charge is -2.21. The van der Waals surface area contributed by atoms with E-state index in [1.54, 1.807) is 0 Å².